The largest absolute Gasteiger partial charge is 0.347 e. The lowest BCUT2D eigenvalue weighted by Gasteiger charge is -2.42. The van der Waals surface area contributed by atoms with E-state index >= 15 is 0 Å². The number of allylic oxidation sites excluding steroid dienone is 10. The normalized spacial score (nSPS) is 28.7. The number of hydrogen-bond donors (Lipinski definition) is 0. The molecule has 0 aromatic heterocycles. The Labute approximate surface area is 212 Å². The van der Waals surface area contributed by atoms with E-state index in [1.165, 1.54) is 11.1 Å². The highest BCUT2D eigenvalue weighted by Crippen LogP contribution is 2.42. The Morgan fingerprint density at radius 3 is 2.37 bits per heavy atom. The maximum absolute atomic E-state index is 6.36. The van der Waals surface area contributed by atoms with Gasteiger partial charge in [0.2, 0.25) is 0 Å². The number of benzene rings is 1. The number of nitrogens with zero attached hydrogens (tertiary/aromatic N) is 1. The zero-order valence-corrected chi connectivity index (χ0v) is 22.3. The first kappa shape index (κ1) is 26.8. The average molecular weight is 472 g/mol. The molecule has 1 aromatic carbocycles. The van der Waals surface area contributed by atoms with Crippen molar-refractivity contribution in [2.45, 2.75) is 54.3 Å². The van der Waals surface area contributed by atoms with Gasteiger partial charge in [-0.1, -0.05) is 113 Å². The molecule has 2 heterocycles. The van der Waals surface area contributed by atoms with Crippen molar-refractivity contribution in [3.63, 3.8) is 0 Å². The van der Waals surface area contributed by atoms with Crippen molar-refractivity contribution in [1.82, 2.24) is 0 Å². The van der Waals surface area contributed by atoms with Gasteiger partial charge in [-0.15, -0.1) is 0 Å². The van der Waals surface area contributed by atoms with E-state index in [0.717, 1.165) is 29.0 Å². The van der Waals surface area contributed by atoms with Gasteiger partial charge in [0.25, 0.3) is 0 Å². The number of hydrogen-bond acceptors (Lipinski definition) is 3. The van der Waals surface area contributed by atoms with Crippen LogP contribution >= 0.6 is 0 Å². The highest BCUT2D eigenvalue weighted by Gasteiger charge is 2.42. The molecule has 2 aliphatic heterocycles. The minimum atomic E-state index is -0.426. The summed E-state index contributed by atoms with van der Waals surface area (Å²) in [6.45, 7) is 17.8. The van der Waals surface area contributed by atoms with Gasteiger partial charge in [-0.05, 0) is 37.3 Å². The summed E-state index contributed by atoms with van der Waals surface area (Å²) in [4.78, 5) is 5.13. The maximum Gasteiger partial charge on any atom is 0.197 e. The molecular formula is C32H41NO2. The van der Waals surface area contributed by atoms with Gasteiger partial charge in [-0.2, -0.15) is 0 Å². The van der Waals surface area contributed by atoms with Crippen molar-refractivity contribution < 1.29 is 9.47 Å². The molecule has 3 nitrogen and oxygen atoms in total. The second-order valence-electron chi connectivity index (χ2n) is 9.51. The van der Waals surface area contributed by atoms with E-state index in [-0.39, 0.29) is 11.3 Å². The Bertz CT molecular complexity index is 1060. The van der Waals surface area contributed by atoms with Gasteiger partial charge in [0, 0.05) is 16.9 Å². The average Bonchev–Trinajstić information content (AvgIpc) is 3.23. The van der Waals surface area contributed by atoms with Crippen LogP contribution in [0.15, 0.2) is 95.6 Å². The van der Waals surface area contributed by atoms with Gasteiger partial charge < -0.3 is 9.47 Å². The van der Waals surface area contributed by atoms with E-state index < -0.39 is 6.29 Å². The van der Waals surface area contributed by atoms with Gasteiger partial charge in [0.15, 0.2) is 6.29 Å². The number of rotatable bonds is 6. The van der Waals surface area contributed by atoms with Crippen LogP contribution in [0.4, 0.5) is 0 Å². The minimum Gasteiger partial charge on any atom is -0.347 e. The monoisotopic (exact) mass is 471 g/mol. The molecule has 0 bridgehead atoms. The highest BCUT2D eigenvalue weighted by molar-refractivity contribution is 6.03. The third-order valence-electron chi connectivity index (χ3n) is 6.90. The lowest BCUT2D eigenvalue weighted by atomic mass is 9.74. The molecule has 0 spiro atoms. The van der Waals surface area contributed by atoms with Gasteiger partial charge in [-0.3, -0.25) is 4.99 Å². The Hall–Kier alpha value is -2.75. The molecule has 3 aliphatic rings. The molecular weight excluding hydrogens is 430 g/mol. The number of aryl methyl sites for hydroxylation is 1. The second kappa shape index (κ2) is 12.3. The van der Waals surface area contributed by atoms with Crippen molar-refractivity contribution in [3.8, 4) is 0 Å². The van der Waals surface area contributed by atoms with Crippen LogP contribution in [0, 0.1) is 24.2 Å². The summed E-state index contributed by atoms with van der Waals surface area (Å²) in [6, 6.07) is 8.56. The standard InChI is InChI=1S/C30H35NO2.C2H6/c1-6-11-23(12-7-2)26-22(4)27(31-28(26)24-17-15-21(3)16-18-24)29-32-19-30(5,20-33-29)25-13-9-8-10-14-25;1-2/h6-13,15-18,22,25,29H,1,14,19-20H2,2-5H3;1-2H3/b12-7-,23-11+;. The van der Waals surface area contributed by atoms with Crippen LogP contribution in [-0.4, -0.2) is 25.2 Å². The summed E-state index contributed by atoms with van der Waals surface area (Å²) in [5.74, 6) is 0.510. The lowest BCUT2D eigenvalue weighted by molar-refractivity contribution is -0.202. The van der Waals surface area contributed by atoms with Crippen molar-refractivity contribution in [1.29, 1.82) is 0 Å². The van der Waals surface area contributed by atoms with E-state index in [2.05, 4.69) is 94.1 Å². The molecule has 2 unspecified atom stereocenters. The van der Waals surface area contributed by atoms with Gasteiger partial charge in [-0.25, -0.2) is 0 Å². The zero-order chi connectivity index (χ0) is 25.4. The SMILES string of the molecule is C=C/C=C(\C=C/C)C1=C(c2ccc(C)cc2)N=C(C2OCC(C)(C3C=CC=CC3)CO2)C1C.CC. The molecule has 35 heavy (non-hydrogen) atoms. The van der Waals surface area contributed by atoms with Crippen molar-refractivity contribution in [3.05, 3.63) is 102 Å². The van der Waals surface area contributed by atoms with Gasteiger partial charge in [0.1, 0.15) is 0 Å². The van der Waals surface area contributed by atoms with E-state index in [1.807, 2.05) is 26.8 Å². The first-order valence-electron chi connectivity index (χ1n) is 12.9. The summed E-state index contributed by atoms with van der Waals surface area (Å²) < 4.78 is 12.7. The van der Waals surface area contributed by atoms with E-state index in [4.69, 9.17) is 14.5 Å². The van der Waals surface area contributed by atoms with Gasteiger partial charge >= 0.3 is 0 Å². The fourth-order valence-electron chi connectivity index (χ4n) is 4.86. The van der Waals surface area contributed by atoms with Crippen LogP contribution in [-0.2, 0) is 9.47 Å². The summed E-state index contributed by atoms with van der Waals surface area (Å²) >= 11 is 0. The molecule has 1 aromatic rings. The third kappa shape index (κ3) is 5.91. The molecule has 1 saturated heterocycles. The summed E-state index contributed by atoms with van der Waals surface area (Å²) in [7, 11) is 0. The van der Waals surface area contributed by atoms with Crippen molar-refractivity contribution >= 4 is 11.4 Å². The first-order chi connectivity index (χ1) is 17.0. The second-order valence-corrected chi connectivity index (χ2v) is 9.51. The topological polar surface area (TPSA) is 30.8 Å². The van der Waals surface area contributed by atoms with Crippen molar-refractivity contribution in [2.24, 2.45) is 22.2 Å². The molecule has 0 saturated carbocycles. The Morgan fingerprint density at radius 1 is 1.11 bits per heavy atom. The maximum atomic E-state index is 6.36. The molecule has 3 heteroatoms. The zero-order valence-electron chi connectivity index (χ0n) is 22.3. The summed E-state index contributed by atoms with van der Waals surface area (Å²) in [5, 5.41) is 0. The lowest BCUT2D eigenvalue weighted by Crippen LogP contribution is -2.47. The summed E-state index contributed by atoms with van der Waals surface area (Å²) in [6.07, 6.45) is 17.4. The van der Waals surface area contributed by atoms with Crippen LogP contribution in [0.3, 0.4) is 0 Å². The van der Waals surface area contributed by atoms with E-state index in [9.17, 15) is 0 Å². The van der Waals surface area contributed by atoms with Crippen LogP contribution in [0.1, 0.15) is 52.2 Å². The molecule has 0 N–H and O–H groups in total. The molecule has 0 amide bonds. The van der Waals surface area contributed by atoms with Crippen LogP contribution in [0.5, 0.6) is 0 Å². The Kier molecular flexibility index (Phi) is 9.42. The van der Waals surface area contributed by atoms with Crippen LogP contribution in [0.2, 0.25) is 0 Å². The predicted molar refractivity (Wildman–Crippen MR) is 149 cm³/mol. The first-order valence-corrected chi connectivity index (χ1v) is 12.9. The molecule has 1 aliphatic carbocycles. The van der Waals surface area contributed by atoms with Crippen LogP contribution < -0.4 is 0 Å². The Morgan fingerprint density at radius 2 is 1.80 bits per heavy atom. The van der Waals surface area contributed by atoms with Crippen molar-refractivity contribution in [2.75, 3.05) is 13.2 Å². The number of ether oxygens (including phenoxy) is 2. The van der Waals surface area contributed by atoms with E-state index in [1.54, 1.807) is 0 Å². The molecule has 0 radical (unpaired) electrons. The molecule has 2 atom stereocenters. The Balaban J connectivity index is 0.00000167. The van der Waals surface area contributed by atoms with E-state index in [0.29, 0.717) is 19.1 Å². The molecule has 1 fully saturated rings. The predicted octanol–water partition coefficient (Wildman–Crippen LogP) is 8.02. The summed E-state index contributed by atoms with van der Waals surface area (Å²) in [5.41, 5.74) is 6.55. The number of aliphatic imine (C=N–C) groups is 1. The smallest absolute Gasteiger partial charge is 0.197 e. The third-order valence-corrected chi connectivity index (χ3v) is 6.90. The fourth-order valence-corrected chi connectivity index (χ4v) is 4.86. The fraction of sp³-hybridized carbons (Fsp3) is 0.406. The minimum absolute atomic E-state index is 0.0327. The highest BCUT2D eigenvalue weighted by atomic mass is 16.7. The molecule has 186 valence electrons. The van der Waals surface area contributed by atoms with Gasteiger partial charge in [0.05, 0.1) is 24.6 Å². The quantitative estimate of drug-likeness (QED) is 0.393. The molecule has 4 rings (SSSR count). The van der Waals surface area contributed by atoms with Crippen LogP contribution in [0.25, 0.3) is 5.70 Å².